The van der Waals surface area contributed by atoms with Gasteiger partial charge in [-0.15, -0.1) is 0 Å². The lowest BCUT2D eigenvalue weighted by molar-refractivity contribution is -0.134. The summed E-state index contributed by atoms with van der Waals surface area (Å²) in [6.07, 6.45) is 7.68. The van der Waals surface area contributed by atoms with Crippen LogP contribution in [-0.4, -0.2) is 73.9 Å². The lowest BCUT2D eigenvalue weighted by atomic mass is 9.84. The van der Waals surface area contributed by atoms with E-state index in [9.17, 15) is 9.59 Å². The number of nitrogens with one attached hydrogen (secondary N) is 2. The highest BCUT2D eigenvalue weighted by molar-refractivity contribution is 5.87. The molecule has 7 nitrogen and oxygen atoms in total. The first-order chi connectivity index (χ1) is 13.2. The summed E-state index contributed by atoms with van der Waals surface area (Å²) >= 11 is 0. The van der Waals surface area contributed by atoms with Crippen LogP contribution >= 0.6 is 0 Å². The summed E-state index contributed by atoms with van der Waals surface area (Å²) in [6.45, 7) is 4.47. The van der Waals surface area contributed by atoms with Crippen LogP contribution in [0.3, 0.4) is 0 Å². The molecule has 2 amide bonds. The fraction of sp³-hybridized carbons (Fsp3) is 0.900. The maximum Gasteiger partial charge on any atom is 0.240 e. The first-order valence-electron chi connectivity index (χ1n) is 10.7. The summed E-state index contributed by atoms with van der Waals surface area (Å²) in [7, 11) is 0. The molecule has 2 N–H and O–H groups in total. The monoisotopic (exact) mass is 379 g/mol. The third kappa shape index (κ3) is 4.15. The molecule has 0 unspecified atom stereocenters. The fourth-order valence-corrected chi connectivity index (χ4v) is 5.23. The first-order valence-corrected chi connectivity index (χ1v) is 10.7. The molecule has 4 aliphatic heterocycles. The van der Waals surface area contributed by atoms with Crippen LogP contribution in [0.5, 0.6) is 0 Å². The van der Waals surface area contributed by atoms with Gasteiger partial charge in [-0.2, -0.15) is 0 Å². The molecule has 0 aromatic rings. The highest BCUT2D eigenvalue weighted by atomic mass is 16.5. The molecule has 0 aromatic heterocycles. The smallest absolute Gasteiger partial charge is 0.240 e. The van der Waals surface area contributed by atoms with Gasteiger partial charge in [0.1, 0.15) is 5.54 Å². The molecule has 4 saturated heterocycles. The van der Waals surface area contributed by atoms with Gasteiger partial charge in [0, 0.05) is 44.9 Å². The van der Waals surface area contributed by atoms with Crippen molar-refractivity contribution in [3.05, 3.63) is 0 Å². The van der Waals surface area contributed by atoms with Gasteiger partial charge in [0.2, 0.25) is 11.8 Å². The Morgan fingerprint density at radius 3 is 2.70 bits per heavy atom. The van der Waals surface area contributed by atoms with Crippen molar-refractivity contribution in [1.29, 1.82) is 0 Å². The van der Waals surface area contributed by atoms with Gasteiger partial charge < -0.3 is 20.1 Å². The van der Waals surface area contributed by atoms with Gasteiger partial charge in [0.15, 0.2) is 0 Å². The average molecular weight is 380 g/mol. The molecule has 27 heavy (non-hydrogen) atoms. The lowest BCUT2D eigenvalue weighted by Gasteiger charge is -2.40. The summed E-state index contributed by atoms with van der Waals surface area (Å²) in [4.78, 5) is 28.1. The molecule has 4 aliphatic rings. The molecule has 0 spiro atoms. The summed E-state index contributed by atoms with van der Waals surface area (Å²) in [5.74, 6) is 0.319. The maximum atomic E-state index is 13.2. The van der Waals surface area contributed by atoms with Crippen LogP contribution in [-0.2, 0) is 19.1 Å². The molecule has 3 atom stereocenters. The number of amides is 2. The standard InChI is InChI=1S/C20H33N3O4/c24-18(15-5-10-26-11-6-15)22-16-12-20(7-1-2-8-23(20)14-16)19(25)21-13-17-4-3-9-27-17/h15-17H,1-14H2,(H,21,25)(H,22,24)/t16-,17-,20+/m0/s1. The van der Waals surface area contributed by atoms with E-state index < -0.39 is 5.54 Å². The van der Waals surface area contributed by atoms with Gasteiger partial charge in [0.05, 0.1) is 6.10 Å². The van der Waals surface area contributed by atoms with Crippen LogP contribution in [0.25, 0.3) is 0 Å². The Hall–Kier alpha value is -1.18. The van der Waals surface area contributed by atoms with E-state index in [4.69, 9.17) is 9.47 Å². The van der Waals surface area contributed by atoms with Crippen molar-refractivity contribution in [3.63, 3.8) is 0 Å². The van der Waals surface area contributed by atoms with E-state index in [1.54, 1.807) is 0 Å². The number of carbonyl (C=O) groups excluding carboxylic acids is 2. The Bertz CT molecular complexity index is 545. The maximum absolute atomic E-state index is 13.2. The largest absolute Gasteiger partial charge is 0.381 e. The normalized spacial score (nSPS) is 35.0. The molecule has 0 bridgehead atoms. The summed E-state index contributed by atoms with van der Waals surface area (Å²) in [6, 6.07) is 0.0620. The Morgan fingerprint density at radius 2 is 1.93 bits per heavy atom. The molecule has 4 fully saturated rings. The Kier molecular flexibility index (Phi) is 5.99. The van der Waals surface area contributed by atoms with Gasteiger partial charge in [-0.1, -0.05) is 0 Å². The van der Waals surface area contributed by atoms with Crippen LogP contribution in [0, 0.1) is 5.92 Å². The molecule has 152 valence electrons. The van der Waals surface area contributed by atoms with Crippen LogP contribution in [0.4, 0.5) is 0 Å². The molecular formula is C20H33N3O4. The zero-order chi connectivity index (χ0) is 18.7. The van der Waals surface area contributed by atoms with Gasteiger partial charge in [-0.05, 0) is 57.9 Å². The van der Waals surface area contributed by atoms with Crippen molar-refractivity contribution in [1.82, 2.24) is 15.5 Å². The van der Waals surface area contributed by atoms with E-state index in [-0.39, 0.29) is 29.9 Å². The average Bonchev–Trinajstić information content (AvgIpc) is 3.34. The molecule has 7 heteroatoms. The van der Waals surface area contributed by atoms with Crippen LogP contribution in [0.15, 0.2) is 0 Å². The van der Waals surface area contributed by atoms with Crippen LogP contribution in [0.2, 0.25) is 0 Å². The summed E-state index contributed by atoms with van der Waals surface area (Å²) < 4.78 is 11.0. The zero-order valence-electron chi connectivity index (χ0n) is 16.2. The third-order valence-electron chi connectivity index (χ3n) is 6.77. The Morgan fingerprint density at radius 1 is 1.07 bits per heavy atom. The van der Waals surface area contributed by atoms with Crippen molar-refractivity contribution >= 4 is 11.8 Å². The van der Waals surface area contributed by atoms with Gasteiger partial charge in [0.25, 0.3) is 0 Å². The number of carbonyl (C=O) groups is 2. The van der Waals surface area contributed by atoms with E-state index >= 15 is 0 Å². The lowest BCUT2D eigenvalue weighted by Crippen LogP contribution is -2.58. The van der Waals surface area contributed by atoms with Crippen molar-refractivity contribution in [2.24, 2.45) is 5.92 Å². The fourth-order valence-electron chi connectivity index (χ4n) is 5.23. The first kappa shape index (κ1) is 19.2. The van der Waals surface area contributed by atoms with Crippen molar-refractivity contribution in [2.45, 2.75) is 69.1 Å². The second kappa shape index (κ2) is 8.45. The minimum atomic E-state index is -0.454. The number of hydrogen-bond donors (Lipinski definition) is 2. The predicted molar refractivity (Wildman–Crippen MR) is 100 cm³/mol. The molecule has 0 aliphatic carbocycles. The predicted octanol–water partition coefficient (Wildman–Crippen LogP) is 0.821. The van der Waals surface area contributed by atoms with E-state index in [1.807, 2.05) is 0 Å². The number of piperidine rings is 1. The summed E-state index contributed by atoms with van der Waals surface area (Å²) in [5.41, 5.74) is -0.454. The molecule has 0 radical (unpaired) electrons. The van der Waals surface area contributed by atoms with E-state index in [0.717, 1.165) is 71.1 Å². The molecule has 4 rings (SSSR count). The Balaban J connectivity index is 1.36. The van der Waals surface area contributed by atoms with Crippen molar-refractivity contribution in [2.75, 3.05) is 39.5 Å². The zero-order valence-corrected chi connectivity index (χ0v) is 16.2. The highest BCUT2D eigenvalue weighted by Crippen LogP contribution is 2.38. The van der Waals surface area contributed by atoms with Gasteiger partial charge >= 0.3 is 0 Å². The van der Waals surface area contributed by atoms with E-state index in [2.05, 4.69) is 15.5 Å². The Labute approximate surface area is 161 Å². The van der Waals surface area contributed by atoms with Crippen LogP contribution < -0.4 is 10.6 Å². The molecule has 0 aromatic carbocycles. The number of fused-ring (bicyclic) bond motifs is 1. The van der Waals surface area contributed by atoms with Crippen molar-refractivity contribution in [3.8, 4) is 0 Å². The van der Waals surface area contributed by atoms with Crippen LogP contribution in [0.1, 0.15) is 51.4 Å². The minimum Gasteiger partial charge on any atom is -0.381 e. The second-order valence-corrected chi connectivity index (χ2v) is 8.58. The number of hydrogen-bond acceptors (Lipinski definition) is 5. The number of rotatable bonds is 5. The van der Waals surface area contributed by atoms with Crippen molar-refractivity contribution < 1.29 is 19.1 Å². The molecular weight excluding hydrogens is 346 g/mol. The molecule has 4 heterocycles. The topological polar surface area (TPSA) is 79.9 Å². The van der Waals surface area contributed by atoms with E-state index in [1.165, 1.54) is 0 Å². The van der Waals surface area contributed by atoms with E-state index in [0.29, 0.717) is 19.8 Å². The highest BCUT2D eigenvalue weighted by Gasteiger charge is 2.52. The SMILES string of the molecule is O=C(N[C@@H]1CN2CCCC[C@]2(C(=O)NC[C@@H]2CCCO2)C1)C1CCOCC1. The third-order valence-corrected chi connectivity index (χ3v) is 6.77. The second-order valence-electron chi connectivity index (χ2n) is 8.58. The molecule has 0 saturated carbocycles. The van der Waals surface area contributed by atoms with Gasteiger partial charge in [-0.3, -0.25) is 14.5 Å². The van der Waals surface area contributed by atoms with Gasteiger partial charge in [-0.25, -0.2) is 0 Å². The number of ether oxygens (including phenoxy) is 2. The quantitative estimate of drug-likeness (QED) is 0.739. The minimum absolute atomic E-state index is 0.0562. The summed E-state index contributed by atoms with van der Waals surface area (Å²) in [5, 5.41) is 6.40. The number of nitrogens with zero attached hydrogens (tertiary/aromatic N) is 1.